The molecule has 0 unspecified atom stereocenters. The van der Waals surface area contributed by atoms with Crippen molar-refractivity contribution in [2.24, 2.45) is 0 Å². The molecule has 2 aliphatic heterocycles. The first-order valence-electron chi connectivity index (χ1n) is 14.9. The van der Waals surface area contributed by atoms with Gasteiger partial charge < -0.3 is 0 Å². The van der Waals surface area contributed by atoms with Crippen LogP contribution in [0.5, 0.6) is 0 Å². The summed E-state index contributed by atoms with van der Waals surface area (Å²) in [6.45, 7) is 0. The van der Waals surface area contributed by atoms with E-state index in [1.165, 1.54) is 14.1 Å². The number of carbonyl (C=O) groups excluding carboxylic acids is 4. The summed E-state index contributed by atoms with van der Waals surface area (Å²) in [6, 6.07) is 14.5. The van der Waals surface area contributed by atoms with Gasteiger partial charge in [-0.15, -0.1) is 0 Å². The Morgan fingerprint density at radius 3 is 0.854 bits per heavy atom. The monoisotopic (exact) mass is 752 g/mol. The smallest absolute Gasteiger partial charge is 0.261 e. The average Bonchev–Trinajstić information content (AvgIpc) is 3.60. The van der Waals surface area contributed by atoms with Crippen molar-refractivity contribution in [2.75, 3.05) is 14.1 Å². The number of aromatic nitrogens is 4. The van der Waals surface area contributed by atoms with Crippen LogP contribution in [0.3, 0.4) is 0 Å². The second kappa shape index (κ2) is 8.33. The SMILES string of the molecule is CN1C(=O)c2ccc3c4c(ccc(c24)C1=O)-c1nc2c(Br)c4nc5c(nc4c(Br)c2nc1-3)-c1ccc2c3c(ccc-5c13)C(=O)N(C)C2=O. The van der Waals surface area contributed by atoms with E-state index in [0.717, 1.165) is 42.8 Å². The van der Waals surface area contributed by atoms with E-state index in [1.54, 1.807) is 24.3 Å². The van der Waals surface area contributed by atoms with Gasteiger partial charge in [-0.2, -0.15) is 0 Å². The number of carbonyl (C=O) groups is 4. The molecule has 0 saturated carbocycles. The molecule has 2 aromatic heterocycles. The zero-order valence-corrected chi connectivity index (χ0v) is 27.9. The maximum atomic E-state index is 13.1. The van der Waals surface area contributed by atoms with E-state index in [0.29, 0.717) is 86.8 Å². The number of imide groups is 2. The molecule has 4 amide bonds. The zero-order chi connectivity index (χ0) is 32.7. The molecule has 226 valence electrons. The number of fused-ring (bicyclic) bond motifs is 8. The Hall–Kier alpha value is -5.46. The van der Waals surface area contributed by atoms with Gasteiger partial charge in [0, 0.05) is 80.1 Å². The van der Waals surface area contributed by atoms with E-state index < -0.39 is 0 Å². The van der Waals surface area contributed by atoms with Crippen molar-refractivity contribution in [1.29, 1.82) is 0 Å². The van der Waals surface area contributed by atoms with Gasteiger partial charge in [0.05, 0.1) is 31.7 Å². The van der Waals surface area contributed by atoms with Crippen LogP contribution >= 0.6 is 31.9 Å². The summed E-state index contributed by atoms with van der Waals surface area (Å²) < 4.78 is 1.22. The molecule has 48 heavy (non-hydrogen) atoms. The highest BCUT2D eigenvalue weighted by molar-refractivity contribution is 9.11. The van der Waals surface area contributed by atoms with E-state index in [-0.39, 0.29) is 23.6 Å². The summed E-state index contributed by atoms with van der Waals surface area (Å²) in [7, 11) is 2.99. The van der Waals surface area contributed by atoms with Crippen LogP contribution in [-0.4, -0.2) is 67.5 Å². The highest BCUT2D eigenvalue weighted by Gasteiger charge is 2.38. The molecule has 0 spiro atoms. The Morgan fingerprint density at radius 1 is 0.396 bits per heavy atom. The van der Waals surface area contributed by atoms with Gasteiger partial charge in [0.15, 0.2) is 0 Å². The van der Waals surface area contributed by atoms with Crippen LogP contribution in [0.2, 0.25) is 0 Å². The highest BCUT2D eigenvalue weighted by Crippen LogP contribution is 2.52. The molecule has 4 aliphatic rings. The van der Waals surface area contributed by atoms with Crippen LogP contribution in [0.4, 0.5) is 0 Å². The number of rotatable bonds is 0. The topological polar surface area (TPSA) is 126 Å². The molecule has 5 aromatic carbocycles. The van der Waals surface area contributed by atoms with Gasteiger partial charge in [-0.25, -0.2) is 19.9 Å². The summed E-state index contributed by atoms with van der Waals surface area (Å²) in [5.41, 5.74) is 9.95. The number of amides is 4. The van der Waals surface area contributed by atoms with Crippen molar-refractivity contribution in [1.82, 2.24) is 29.7 Å². The van der Waals surface area contributed by atoms with Crippen molar-refractivity contribution in [3.05, 3.63) is 79.7 Å². The van der Waals surface area contributed by atoms with Gasteiger partial charge in [0.25, 0.3) is 23.6 Å². The molecular formula is C36H14Br2N6O4. The minimum atomic E-state index is -0.340. The normalized spacial score (nSPS) is 15.2. The molecule has 4 heterocycles. The number of hydrogen-bond acceptors (Lipinski definition) is 8. The Morgan fingerprint density at radius 2 is 0.604 bits per heavy atom. The molecule has 10 nitrogen and oxygen atoms in total. The molecule has 7 aromatic rings. The Labute approximate surface area is 285 Å². The fourth-order valence-corrected chi connectivity index (χ4v) is 8.96. The third-order valence-corrected chi connectivity index (χ3v) is 11.6. The van der Waals surface area contributed by atoms with Gasteiger partial charge in [0.1, 0.15) is 22.1 Å². The molecule has 0 radical (unpaired) electrons. The van der Waals surface area contributed by atoms with Gasteiger partial charge in [-0.1, -0.05) is 24.3 Å². The average molecular weight is 754 g/mol. The number of hydrogen-bond donors (Lipinski definition) is 0. The van der Waals surface area contributed by atoms with Crippen LogP contribution in [0.15, 0.2) is 57.5 Å². The number of halogens is 2. The van der Waals surface area contributed by atoms with Crippen molar-refractivity contribution in [2.45, 2.75) is 0 Å². The quantitative estimate of drug-likeness (QED) is 0.118. The summed E-state index contributed by atoms with van der Waals surface area (Å²) in [4.78, 5) is 75.1. The maximum Gasteiger partial charge on any atom is 0.261 e. The fraction of sp³-hybridized carbons (Fsp3) is 0.0556. The van der Waals surface area contributed by atoms with Crippen LogP contribution in [0, 0.1) is 0 Å². The van der Waals surface area contributed by atoms with E-state index in [4.69, 9.17) is 19.9 Å². The lowest BCUT2D eigenvalue weighted by molar-refractivity contribution is 0.0635. The summed E-state index contributed by atoms with van der Waals surface area (Å²) in [6.07, 6.45) is 0. The molecule has 2 aliphatic carbocycles. The standard InChI is InChI=1S/C36H14Br2N6O4/c1-43-33(45)15-7-3-11-19-12(4-8-16(21(15)19)34(43)46)26-25(11)39-29-23(37)31-32(24(38)30(29)40-26)42-28-14-6-10-18-22-17(35(47)44(2)36(18)48)9-5-13(20(14)22)27(28)41-31/h3-10H,1-2H3. The van der Waals surface area contributed by atoms with E-state index in [1.807, 2.05) is 24.3 Å². The lowest BCUT2D eigenvalue weighted by Gasteiger charge is -2.24. The first-order chi connectivity index (χ1) is 23.2. The molecule has 0 N–H and O–H groups in total. The molecule has 0 atom stereocenters. The van der Waals surface area contributed by atoms with Crippen LogP contribution in [-0.2, 0) is 0 Å². The second-order valence-electron chi connectivity index (χ2n) is 12.3. The molecule has 0 fully saturated rings. The summed E-state index contributed by atoms with van der Waals surface area (Å²) in [5, 5.41) is 2.83. The molecule has 11 rings (SSSR count). The lowest BCUT2D eigenvalue weighted by atomic mass is 9.91. The Balaban J connectivity index is 1.18. The minimum absolute atomic E-state index is 0.340. The molecular weight excluding hydrogens is 740 g/mol. The summed E-state index contributed by atoms with van der Waals surface area (Å²) >= 11 is 7.59. The van der Waals surface area contributed by atoms with Gasteiger partial charge >= 0.3 is 0 Å². The number of benzene rings is 5. The largest absolute Gasteiger partial charge is 0.277 e. The molecule has 12 heteroatoms. The predicted molar refractivity (Wildman–Crippen MR) is 185 cm³/mol. The van der Waals surface area contributed by atoms with E-state index in [9.17, 15) is 19.2 Å². The van der Waals surface area contributed by atoms with Crippen molar-refractivity contribution >= 4 is 99.1 Å². The van der Waals surface area contributed by atoms with Gasteiger partial charge in [-0.05, 0) is 56.1 Å². The zero-order valence-electron chi connectivity index (χ0n) is 24.7. The Kier molecular flexibility index (Phi) is 4.61. The van der Waals surface area contributed by atoms with Crippen LogP contribution < -0.4 is 0 Å². The maximum absolute atomic E-state index is 13.1. The van der Waals surface area contributed by atoms with Crippen LogP contribution in [0.25, 0.3) is 88.6 Å². The first kappa shape index (κ1) is 26.6. The van der Waals surface area contributed by atoms with E-state index in [2.05, 4.69) is 31.9 Å². The number of nitrogens with zero attached hydrogens (tertiary/aromatic N) is 6. The van der Waals surface area contributed by atoms with Gasteiger partial charge in [-0.3, -0.25) is 29.0 Å². The predicted octanol–water partition coefficient (Wildman–Crippen LogP) is 7.15. The second-order valence-corrected chi connectivity index (χ2v) is 13.9. The van der Waals surface area contributed by atoms with Crippen molar-refractivity contribution in [3.63, 3.8) is 0 Å². The minimum Gasteiger partial charge on any atom is -0.277 e. The lowest BCUT2D eigenvalue weighted by Crippen LogP contribution is -2.36. The van der Waals surface area contributed by atoms with E-state index >= 15 is 0 Å². The first-order valence-corrected chi connectivity index (χ1v) is 16.5. The van der Waals surface area contributed by atoms with Crippen molar-refractivity contribution in [3.8, 4) is 45.0 Å². The van der Waals surface area contributed by atoms with Crippen LogP contribution in [0.1, 0.15) is 41.4 Å². The van der Waals surface area contributed by atoms with Gasteiger partial charge in [0.2, 0.25) is 0 Å². The molecule has 0 saturated heterocycles. The summed E-state index contributed by atoms with van der Waals surface area (Å²) in [5.74, 6) is -1.36. The third-order valence-electron chi connectivity index (χ3n) is 10.1. The Bertz CT molecular complexity index is 2560. The van der Waals surface area contributed by atoms with Crippen molar-refractivity contribution < 1.29 is 19.2 Å². The molecule has 0 bridgehead atoms. The fourth-order valence-electron chi connectivity index (χ4n) is 7.86. The highest BCUT2D eigenvalue weighted by atomic mass is 79.9. The third kappa shape index (κ3) is 2.80.